The van der Waals surface area contributed by atoms with Crippen LogP contribution >= 0.6 is 11.3 Å². The van der Waals surface area contributed by atoms with Crippen molar-refractivity contribution < 1.29 is 0 Å². The second kappa shape index (κ2) is 2.92. The van der Waals surface area contributed by atoms with E-state index >= 15 is 0 Å². The van der Waals surface area contributed by atoms with Gasteiger partial charge in [-0.05, 0) is 12.8 Å². The summed E-state index contributed by atoms with van der Waals surface area (Å²) in [7, 11) is 2.00. The molecular weight excluding hydrogens is 194 g/mol. The minimum absolute atomic E-state index is 0.744. The molecule has 14 heavy (non-hydrogen) atoms. The van der Waals surface area contributed by atoms with Crippen LogP contribution in [0.1, 0.15) is 24.5 Å². The van der Waals surface area contributed by atoms with Crippen molar-refractivity contribution in [2.75, 3.05) is 0 Å². The quantitative estimate of drug-likeness (QED) is 0.753. The summed E-state index contributed by atoms with van der Waals surface area (Å²) in [6.07, 6.45) is 6.31. The van der Waals surface area contributed by atoms with Gasteiger partial charge in [0, 0.05) is 18.3 Å². The molecule has 1 aliphatic carbocycles. The van der Waals surface area contributed by atoms with Crippen LogP contribution in [0, 0.1) is 0 Å². The van der Waals surface area contributed by atoms with E-state index in [2.05, 4.69) is 15.3 Å². The lowest BCUT2D eigenvalue weighted by atomic mass is 10.3. The lowest BCUT2D eigenvalue weighted by Crippen LogP contribution is -1.88. The van der Waals surface area contributed by atoms with Crippen LogP contribution in [-0.4, -0.2) is 14.5 Å². The summed E-state index contributed by atoms with van der Waals surface area (Å²) >= 11 is 1.72. The lowest BCUT2D eigenvalue weighted by molar-refractivity contribution is 0.917. The van der Waals surface area contributed by atoms with E-state index in [9.17, 15) is 0 Å². The van der Waals surface area contributed by atoms with E-state index in [0.29, 0.717) is 0 Å². The molecule has 0 atom stereocenters. The Labute approximate surface area is 86.4 Å². The first-order valence-electron chi connectivity index (χ1n) is 4.76. The highest BCUT2D eigenvalue weighted by atomic mass is 32.1. The van der Waals surface area contributed by atoms with Crippen LogP contribution < -0.4 is 0 Å². The smallest absolute Gasteiger partial charge is 0.141 e. The molecule has 0 N–H and O–H groups in total. The first kappa shape index (κ1) is 8.17. The van der Waals surface area contributed by atoms with Gasteiger partial charge in [0.1, 0.15) is 5.01 Å². The Morgan fingerprint density at radius 3 is 3.00 bits per heavy atom. The van der Waals surface area contributed by atoms with Crippen molar-refractivity contribution >= 4 is 11.3 Å². The fraction of sp³-hybridized carbons (Fsp3) is 0.400. The van der Waals surface area contributed by atoms with Gasteiger partial charge < -0.3 is 4.57 Å². The molecule has 3 nitrogen and oxygen atoms in total. The molecule has 0 aliphatic heterocycles. The molecule has 1 aliphatic rings. The first-order chi connectivity index (χ1) is 6.84. The fourth-order valence-corrected chi connectivity index (χ4v) is 2.49. The molecular formula is C10H11N3S. The molecule has 72 valence electrons. The zero-order chi connectivity index (χ0) is 9.54. The molecule has 0 aromatic carbocycles. The predicted octanol–water partition coefficient (Wildman–Crippen LogP) is 2.42. The Morgan fingerprint density at radius 1 is 1.50 bits per heavy atom. The largest absolute Gasteiger partial charge is 0.332 e. The van der Waals surface area contributed by atoms with E-state index in [1.54, 1.807) is 11.3 Å². The van der Waals surface area contributed by atoms with Gasteiger partial charge in [-0.3, -0.25) is 0 Å². The van der Waals surface area contributed by atoms with Gasteiger partial charge in [0.25, 0.3) is 0 Å². The zero-order valence-electron chi connectivity index (χ0n) is 7.97. The summed E-state index contributed by atoms with van der Waals surface area (Å²) in [5, 5.41) is 3.27. The van der Waals surface area contributed by atoms with E-state index in [0.717, 1.165) is 16.6 Å². The van der Waals surface area contributed by atoms with Crippen LogP contribution in [0.15, 0.2) is 17.9 Å². The van der Waals surface area contributed by atoms with E-state index in [4.69, 9.17) is 0 Å². The topological polar surface area (TPSA) is 30.7 Å². The molecule has 4 heteroatoms. The second-order valence-electron chi connectivity index (χ2n) is 3.74. The zero-order valence-corrected chi connectivity index (χ0v) is 8.79. The Bertz CT molecular complexity index is 453. The van der Waals surface area contributed by atoms with Crippen LogP contribution in [0.4, 0.5) is 0 Å². The molecule has 0 unspecified atom stereocenters. The third-order valence-electron chi connectivity index (χ3n) is 2.55. The number of aromatic nitrogens is 3. The van der Waals surface area contributed by atoms with E-state index < -0.39 is 0 Å². The van der Waals surface area contributed by atoms with E-state index in [-0.39, 0.29) is 0 Å². The first-order valence-corrected chi connectivity index (χ1v) is 5.64. The summed E-state index contributed by atoms with van der Waals surface area (Å²) < 4.78 is 2.01. The van der Waals surface area contributed by atoms with Gasteiger partial charge >= 0.3 is 0 Å². The molecule has 0 amide bonds. The average Bonchev–Trinajstić information content (AvgIpc) is 2.75. The van der Waals surface area contributed by atoms with Crippen molar-refractivity contribution in [1.82, 2.24) is 14.5 Å². The van der Waals surface area contributed by atoms with E-state index in [1.165, 1.54) is 18.5 Å². The standard InChI is InChI=1S/C10H11N3S/c1-13-6-11-4-9(13)10-12-8(5-14-10)7-2-3-7/h4-7H,2-3H2,1H3. The predicted molar refractivity (Wildman–Crippen MR) is 56.3 cm³/mol. The Kier molecular flexibility index (Phi) is 1.70. The second-order valence-corrected chi connectivity index (χ2v) is 4.60. The number of rotatable bonds is 2. The highest BCUT2D eigenvalue weighted by molar-refractivity contribution is 7.13. The Balaban J connectivity index is 1.99. The van der Waals surface area contributed by atoms with Gasteiger partial charge in [-0.15, -0.1) is 11.3 Å². The summed E-state index contributed by atoms with van der Waals surface area (Å²) in [5.41, 5.74) is 2.38. The van der Waals surface area contributed by atoms with Crippen LogP contribution in [0.25, 0.3) is 10.7 Å². The van der Waals surface area contributed by atoms with Gasteiger partial charge in [0.05, 0.1) is 23.9 Å². The highest BCUT2D eigenvalue weighted by Crippen LogP contribution is 2.41. The molecule has 2 aromatic heterocycles. The van der Waals surface area contributed by atoms with Gasteiger partial charge in [-0.25, -0.2) is 9.97 Å². The number of hydrogen-bond donors (Lipinski definition) is 0. The minimum atomic E-state index is 0.744. The maximum Gasteiger partial charge on any atom is 0.141 e. The third kappa shape index (κ3) is 1.26. The molecule has 0 saturated heterocycles. The molecule has 3 rings (SSSR count). The molecule has 1 fully saturated rings. The Morgan fingerprint density at radius 2 is 2.36 bits per heavy atom. The normalized spacial score (nSPS) is 16.1. The lowest BCUT2D eigenvalue weighted by Gasteiger charge is -1.95. The molecule has 1 saturated carbocycles. The van der Waals surface area contributed by atoms with Crippen molar-refractivity contribution in [3.63, 3.8) is 0 Å². The molecule has 2 aromatic rings. The van der Waals surface area contributed by atoms with Gasteiger partial charge in [0.15, 0.2) is 0 Å². The summed E-state index contributed by atoms with van der Waals surface area (Å²) in [6, 6.07) is 0. The van der Waals surface area contributed by atoms with Gasteiger partial charge in [-0.2, -0.15) is 0 Å². The van der Waals surface area contributed by atoms with Crippen LogP contribution in [0.5, 0.6) is 0 Å². The van der Waals surface area contributed by atoms with Crippen LogP contribution in [0.2, 0.25) is 0 Å². The van der Waals surface area contributed by atoms with Crippen molar-refractivity contribution in [2.24, 2.45) is 7.05 Å². The average molecular weight is 205 g/mol. The maximum absolute atomic E-state index is 4.63. The fourth-order valence-electron chi connectivity index (χ4n) is 1.53. The van der Waals surface area contributed by atoms with Crippen molar-refractivity contribution in [1.29, 1.82) is 0 Å². The van der Waals surface area contributed by atoms with E-state index in [1.807, 2.05) is 24.1 Å². The monoisotopic (exact) mass is 205 g/mol. The highest BCUT2D eigenvalue weighted by Gasteiger charge is 2.26. The van der Waals surface area contributed by atoms with Crippen LogP contribution in [-0.2, 0) is 7.05 Å². The third-order valence-corrected chi connectivity index (χ3v) is 3.44. The number of thiazole rings is 1. The number of nitrogens with zero attached hydrogens (tertiary/aromatic N) is 3. The Hall–Kier alpha value is -1.16. The minimum Gasteiger partial charge on any atom is -0.332 e. The SMILES string of the molecule is Cn1cncc1-c1nc(C2CC2)cs1. The number of imidazole rings is 1. The molecule has 0 bridgehead atoms. The van der Waals surface area contributed by atoms with Crippen LogP contribution in [0.3, 0.4) is 0 Å². The maximum atomic E-state index is 4.63. The van der Waals surface area contributed by atoms with Crippen molar-refractivity contribution in [2.45, 2.75) is 18.8 Å². The summed E-state index contributed by atoms with van der Waals surface area (Å²) in [6.45, 7) is 0. The number of aryl methyl sites for hydroxylation is 1. The number of hydrogen-bond acceptors (Lipinski definition) is 3. The molecule has 0 spiro atoms. The van der Waals surface area contributed by atoms with Gasteiger partial charge in [-0.1, -0.05) is 0 Å². The summed E-state index contributed by atoms with van der Waals surface area (Å²) in [4.78, 5) is 8.73. The van der Waals surface area contributed by atoms with Crippen molar-refractivity contribution in [3.8, 4) is 10.7 Å². The molecule has 0 radical (unpaired) electrons. The molecule has 2 heterocycles. The van der Waals surface area contributed by atoms with Gasteiger partial charge in [0.2, 0.25) is 0 Å². The van der Waals surface area contributed by atoms with Crippen molar-refractivity contribution in [3.05, 3.63) is 23.6 Å². The summed E-state index contributed by atoms with van der Waals surface area (Å²) in [5.74, 6) is 0.744.